The highest BCUT2D eigenvalue weighted by Crippen LogP contribution is 2.15. The van der Waals surface area contributed by atoms with E-state index in [-0.39, 0.29) is 16.5 Å². The summed E-state index contributed by atoms with van der Waals surface area (Å²) < 4.78 is 3.16. The van der Waals surface area contributed by atoms with Gasteiger partial charge in [-0.2, -0.15) is 0 Å². The average Bonchev–Trinajstić information content (AvgIpc) is 2.03. The number of nitrogens with one attached hydrogen (secondary N) is 1. The quantitative estimate of drug-likeness (QED) is 0.593. The van der Waals surface area contributed by atoms with Crippen LogP contribution >= 0.6 is 10.7 Å². The number of carbonyl (C=O) groups is 1. The zero-order valence-electron chi connectivity index (χ0n) is 7.83. The summed E-state index contributed by atoms with van der Waals surface area (Å²) in [6, 6.07) is 7.45. The van der Waals surface area contributed by atoms with Crippen LogP contribution in [-0.2, 0) is 0 Å². The maximum atomic E-state index is 11.0. The van der Waals surface area contributed by atoms with Crippen molar-refractivity contribution in [3.63, 3.8) is 0 Å². The first-order valence-electron chi connectivity index (χ1n) is 3.93. The predicted molar refractivity (Wildman–Crippen MR) is 60.7 cm³/mol. The van der Waals surface area contributed by atoms with Gasteiger partial charge in [0.05, 0.1) is 0 Å². The second kappa shape index (κ2) is 4.23. The molecule has 0 spiro atoms. The maximum absolute atomic E-state index is 11.0. The highest BCUT2D eigenvalue weighted by molar-refractivity contribution is 8.14. The molecule has 0 radical (unpaired) electrons. The van der Waals surface area contributed by atoms with E-state index < -0.39 is 0 Å². The fourth-order valence-corrected chi connectivity index (χ4v) is 1.53. The number of benzene rings is 1. The Hall–Kier alpha value is -1.09. The molecule has 0 saturated carbocycles. The fraction of sp³-hybridized carbons (Fsp3) is 0.200. The largest absolute Gasteiger partial charge is 0.336 e. The Balaban J connectivity index is 2.91. The lowest BCUT2D eigenvalue weighted by atomic mass is 10.1. The van der Waals surface area contributed by atoms with Gasteiger partial charge in [-0.1, -0.05) is 18.0 Å². The fourth-order valence-electron chi connectivity index (χ4n) is 1.00. The van der Waals surface area contributed by atoms with E-state index in [1.165, 1.54) is 0 Å². The molecule has 1 aromatic carbocycles. The van der Waals surface area contributed by atoms with Crippen LogP contribution in [0.5, 0.6) is 0 Å². The van der Waals surface area contributed by atoms with E-state index in [1.807, 2.05) is 30.5 Å². The van der Waals surface area contributed by atoms with Crippen molar-refractivity contribution in [3.05, 3.63) is 29.8 Å². The standard InChI is InChI=1S/C10H13NOS/c1-8(12)9-5-4-6-10(7-9)11-13(2)3/h4-7,11H,2H2,1,3H3. The third-order valence-electron chi connectivity index (χ3n) is 1.56. The Kier molecular flexibility index (Phi) is 3.25. The predicted octanol–water partition coefficient (Wildman–Crippen LogP) is 2.55. The lowest BCUT2D eigenvalue weighted by Gasteiger charge is -2.06. The Bertz CT molecular complexity index is 347. The first-order valence-corrected chi connectivity index (χ1v) is 5.73. The van der Waals surface area contributed by atoms with Crippen molar-refractivity contribution < 1.29 is 4.79 Å². The maximum Gasteiger partial charge on any atom is 0.159 e. The van der Waals surface area contributed by atoms with Gasteiger partial charge in [0.1, 0.15) is 0 Å². The van der Waals surface area contributed by atoms with Crippen molar-refractivity contribution in [2.75, 3.05) is 11.0 Å². The molecule has 0 amide bonds. The number of rotatable bonds is 3. The summed E-state index contributed by atoms with van der Waals surface area (Å²) in [5, 5.41) is 0. The van der Waals surface area contributed by atoms with E-state index in [1.54, 1.807) is 6.92 Å². The van der Waals surface area contributed by atoms with Crippen molar-refractivity contribution in [3.8, 4) is 0 Å². The monoisotopic (exact) mass is 195 g/mol. The molecule has 1 aromatic rings. The van der Waals surface area contributed by atoms with Gasteiger partial charge in [-0.25, -0.2) is 0 Å². The summed E-state index contributed by atoms with van der Waals surface area (Å²) in [5.74, 6) is 3.93. The summed E-state index contributed by atoms with van der Waals surface area (Å²) >= 11 is 0. The van der Waals surface area contributed by atoms with Gasteiger partial charge in [0.15, 0.2) is 5.78 Å². The highest BCUT2D eigenvalue weighted by Gasteiger charge is 1.99. The lowest BCUT2D eigenvalue weighted by molar-refractivity contribution is 0.101. The van der Waals surface area contributed by atoms with Crippen LogP contribution in [0.2, 0.25) is 0 Å². The second-order valence-corrected chi connectivity index (χ2v) is 4.35. The van der Waals surface area contributed by atoms with Gasteiger partial charge >= 0.3 is 0 Å². The summed E-state index contributed by atoms with van der Waals surface area (Å²) in [7, 11) is -0.0993. The minimum Gasteiger partial charge on any atom is -0.336 e. The Morgan fingerprint density at radius 2 is 2.23 bits per heavy atom. The molecule has 2 nitrogen and oxygen atoms in total. The van der Waals surface area contributed by atoms with Gasteiger partial charge in [-0.3, -0.25) is 4.79 Å². The summed E-state index contributed by atoms with van der Waals surface area (Å²) in [4.78, 5) is 11.0. The number of ketones is 1. The minimum atomic E-state index is -0.0993. The van der Waals surface area contributed by atoms with Crippen LogP contribution in [0, 0.1) is 0 Å². The molecule has 0 saturated heterocycles. The molecule has 0 bridgehead atoms. The number of hydrogen-bond acceptors (Lipinski definition) is 2. The van der Waals surface area contributed by atoms with Crippen LogP contribution < -0.4 is 4.72 Å². The molecule has 0 aliphatic rings. The van der Waals surface area contributed by atoms with E-state index >= 15 is 0 Å². The van der Waals surface area contributed by atoms with Crippen LogP contribution in [0.25, 0.3) is 0 Å². The molecule has 0 aromatic heterocycles. The van der Waals surface area contributed by atoms with Crippen molar-refractivity contribution in [1.29, 1.82) is 0 Å². The first kappa shape index (κ1) is 9.99. The summed E-state index contributed by atoms with van der Waals surface area (Å²) in [5.41, 5.74) is 1.68. The number of carbonyl (C=O) groups excluding carboxylic acids is 1. The zero-order valence-corrected chi connectivity index (χ0v) is 8.65. The number of Topliss-reactive ketones (excluding diaryl/α,β-unsaturated/α-hetero) is 1. The van der Waals surface area contributed by atoms with Gasteiger partial charge in [0.25, 0.3) is 0 Å². The molecule has 0 aliphatic heterocycles. The van der Waals surface area contributed by atoms with Crippen LogP contribution in [0.1, 0.15) is 17.3 Å². The van der Waals surface area contributed by atoms with Crippen LogP contribution in [0.15, 0.2) is 24.3 Å². The lowest BCUT2D eigenvalue weighted by Crippen LogP contribution is -1.94. The molecule has 1 atom stereocenters. The molecule has 13 heavy (non-hydrogen) atoms. The van der Waals surface area contributed by atoms with Crippen molar-refractivity contribution in [2.45, 2.75) is 6.92 Å². The first-order chi connectivity index (χ1) is 6.09. The molecule has 1 unspecified atom stereocenters. The molecule has 3 heteroatoms. The third kappa shape index (κ3) is 3.03. The van der Waals surface area contributed by atoms with E-state index in [9.17, 15) is 4.79 Å². The van der Waals surface area contributed by atoms with Crippen LogP contribution in [-0.4, -0.2) is 17.9 Å². The van der Waals surface area contributed by atoms with Crippen LogP contribution in [0.4, 0.5) is 5.69 Å². The Labute approximate surface area is 81.0 Å². The summed E-state index contributed by atoms with van der Waals surface area (Å²) in [6.07, 6.45) is 1.99. The highest BCUT2D eigenvalue weighted by atomic mass is 32.2. The SMILES string of the molecule is C=S(C)Nc1cccc(C(C)=O)c1. The van der Waals surface area contributed by atoms with E-state index in [0.29, 0.717) is 0 Å². The van der Waals surface area contributed by atoms with Gasteiger partial charge in [-0.05, 0) is 25.3 Å². The average molecular weight is 195 g/mol. The molecule has 0 fully saturated rings. The molecular formula is C10H13NOS. The molecular weight excluding hydrogens is 182 g/mol. The van der Waals surface area contributed by atoms with Crippen molar-refractivity contribution >= 4 is 28.0 Å². The Morgan fingerprint density at radius 1 is 1.54 bits per heavy atom. The molecule has 70 valence electrons. The third-order valence-corrected chi connectivity index (χ3v) is 2.15. The minimum absolute atomic E-state index is 0.0868. The zero-order chi connectivity index (χ0) is 9.84. The van der Waals surface area contributed by atoms with E-state index in [2.05, 4.69) is 10.6 Å². The topological polar surface area (TPSA) is 29.1 Å². The Morgan fingerprint density at radius 3 is 2.77 bits per heavy atom. The number of hydrogen-bond donors (Lipinski definition) is 1. The van der Waals surface area contributed by atoms with Crippen LogP contribution in [0.3, 0.4) is 0 Å². The number of anilines is 1. The molecule has 1 rings (SSSR count). The normalized spacial score (nSPS) is 12.2. The van der Waals surface area contributed by atoms with Crippen molar-refractivity contribution in [2.24, 2.45) is 0 Å². The van der Waals surface area contributed by atoms with Gasteiger partial charge in [-0.15, -0.1) is 10.7 Å². The summed E-state index contributed by atoms with van der Waals surface area (Å²) in [6.45, 7) is 1.56. The second-order valence-electron chi connectivity index (χ2n) is 2.88. The molecule has 1 N–H and O–H groups in total. The smallest absolute Gasteiger partial charge is 0.159 e. The molecule has 0 aliphatic carbocycles. The van der Waals surface area contributed by atoms with Gasteiger partial charge < -0.3 is 4.72 Å². The van der Waals surface area contributed by atoms with Gasteiger partial charge in [0.2, 0.25) is 0 Å². The molecule has 0 heterocycles. The van der Waals surface area contributed by atoms with Gasteiger partial charge in [0, 0.05) is 11.3 Å². The van der Waals surface area contributed by atoms with E-state index in [0.717, 1.165) is 11.3 Å². The van der Waals surface area contributed by atoms with Crippen molar-refractivity contribution in [1.82, 2.24) is 0 Å². The van der Waals surface area contributed by atoms with E-state index in [4.69, 9.17) is 0 Å².